The maximum Gasteiger partial charge on any atom is 0.159 e. The summed E-state index contributed by atoms with van der Waals surface area (Å²) < 4.78 is 0. The van der Waals surface area contributed by atoms with Crippen molar-refractivity contribution in [2.75, 3.05) is 11.4 Å². The van der Waals surface area contributed by atoms with Crippen LogP contribution in [0.5, 0.6) is 0 Å². The Kier molecular flexibility index (Phi) is 3.70. The summed E-state index contributed by atoms with van der Waals surface area (Å²) in [7, 11) is 0. The summed E-state index contributed by atoms with van der Waals surface area (Å²) in [5.41, 5.74) is 2.07. The van der Waals surface area contributed by atoms with Crippen molar-refractivity contribution >= 4 is 16.6 Å². The monoisotopic (exact) mass is 302 g/mol. The zero-order chi connectivity index (χ0) is 15.6. The van der Waals surface area contributed by atoms with E-state index in [1.165, 1.54) is 10.8 Å². The molecule has 1 fully saturated rings. The highest BCUT2D eigenvalue weighted by Crippen LogP contribution is 2.33. The quantitative estimate of drug-likeness (QED) is 0.698. The van der Waals surface area contributed by atoms with E-state index in [1.54, 1.807) is 0 Å². The van der Waals surface area contributed by atoms with Gasteiger partial charge in [-0.15, -0.1) is 10.2 Å². The van der Waals surface area contributed by atoms with Gasteiger partial charge in [-0.3, -0.25) is 0 Å². The molecule has 1 aromatic heterocycles. The van der Waals surface area contributed by atoms with Crippen LogP contribution >= 0.6 is 0 Å². The van der Waals surface area contributed by atoms with E-state index >= 15 is 0 Å². The van der Waals surface area contributed by atoms with Crippen molar-refractivity contribution in [3.8, 4) is 11.3 Å². The van der Waals surface area contributed by atoms with Crippen LogP contribution in [0, 0.1) is 6.42 Å². The summed E-state index contributed by atoms with van der Waals surface area (Å²) in [6, 6.07) is 19.3. The highest BCUT2D eigenvalue weighted by Gasteiger charge is 2.23. The first-order chi connectivity index (χ1) is 11.3. The van der Waals surface area contributed by atoms with Gasteiger partial charge in [-0.1, -0.05) is 54.6 Å². The van der Waals surface area contributed by atoms with E-state index in [-0.39, 0.29) is 0 Å². The van der Waals surface area contributed by atoms with E-state index in [1.807, 2.05) is 18.2 Å². The van der Waals surface area contributed by atoms with Gasteiger partial charge in [0.25, 0.3) is 0 Å². The Morgan fingerprint density at radius 2 is 1.65 bits per heavy atom. The van der Waals surface area contributed by atoms with Crippen LogP contribution in [-0.2, 0) is 0 Å². The predicted molar refractivity (Wildman–Crippen MR) is 95.3 cm³/mol. The second-order valence-corrected chi connectivity index (χ2v) is 6.14. The molecule has 115 valence electrons. The molecule has 0 bridgehead atoms. The molecule has 0 aliphatic carbocycles. The first-order valence-electron chi connectivity index (χ1n) is 8.24. The molecular formula is C20H20N3. The van der Waals surface area contributed by atoms with Crippen LogP contribution in [0.25, 0.3) is 22.0 Å². The number of rotatable bonds is 2. The summed E-state index contributed by atoms with van der Waals surface area (Å²) in [6.07, 6.45) is 4.59. The summed E-state index contributed by atoms with van der Waals surface area (Å²) in [5.74, 6) is 1.01. The Bertz CT molecular complexity index is 813. The molecule has 4 rings (SSSR count). The minimum Gasteiger partial charge on any atom is -0.352 e. The van der Waals surface area contributed by atoms with E-state index in [0.717, 1.165) is 36.5 Å². The van der Waals surface area contributed by atoms with Crippen LogP contribution in [0.15, 0.2) is 54.6 Å². The molecule has 23 heavy (non-hydrogen) atoms. The van der Waals surface area contributed by atoms with Gasteiger partial charge in [-0.25, -0.2) is 0 Å². The number of anilines is 1. The number of fused-ring (bicyclic) bond motifs is 1. The molecule has 2 heterocycles. The third-order valence-electron chi connectivity index (χ3n) is 4.60. The summed E-state index contributed by atoms with van der Waals surface area (Å²) in [6.45, 7) is 3.28. The van der Waals surface area contributed by atoms with Gasteiger partial charge in [0.05, 0.1) is 0 Å². The number of hydrogen-bond donors (Lipinski definition) is 0. The van der Waals surface area contributed by atoms with Gasteiger partial charge in [0.1, 0.15) is 5.69 Å². The maximum atomic E-state index is 4.62. The summed E-state index contributed by atoms with van der Waals surface area (Å²) in [5, 5.41) is 11.6. The molecule has 1 unspecified atom stereocenters. The Morgan fingerprint density at radius 1 is 0.913 bits per heavy atom. The van der Waals surface area contributed by atoms with Crippen molar-refractivity contribution < 1.29 is 0 Å². The minimum atomic E-state index is 0.476. The fourth-order valence-corrected chi connectivity index (χ4v) is 3.36. The van der Waals surface area contributed by atoms with Crippen molar-refractivity contribution in [3.63, 3.8) is 0 Å². The van der Waals surface area contributed by atoms with Gasteiger partial charge in [-0.2, -0.15) is 0 Å². The van der Waals surface area contributed by atoms with Crippen LogP contribution in [0.1, 0.15) is 19.8 Å². The standard InChI is InChI=1S/C20H20N3/c1-15-9-7-8-14-23(15)20-18-13-6-5-12-17(18)19(21-22-20)16-10-3-2-4-11-16/h2-7,10-13,15H,8-9,14H2,1H3. The lowest BCUT2D eigenvalue weighted by Gasteiger charge is -2.34. The van der Waals surface area contributed by atoms with Gasteiger partial charge in [0.2, 0.25) is 0 Å². The number of nitrogens with zero attached hydrogens (tertiary/aromatic N) is 3. The predicted octanol–water partition coefficient (Wildman–Crippen LogP) is 4.49. The third-order valence-corrected chi connectivity index (χ3v) is 4.60. The molecule has 0 N–H and O–H groups in total. The van der Waals surface area contributed by atoms with Crippen molar-refractivity contribution in [3.05, 3.63) is 61.0 Å². The second-order valence-electron chi connectivity index (χ2n) is 6.14. The number of piperidine rings is 1. The van der Waals surface area contributed by atoms with Crippen molar-refractivity contribution in [1.82, 2.24) is 10.2 Å². The lowest BCUT2D eigenvalue weighted by molar-refractivity contribution is 0.555. The van der Waals surface area contributed by atoms with Crippen molar-refractivity contribution in [2.45, 2.75) is 25.8 Å². The van der Waals surface area contributed by atoms with Gasteiger partial charge < -0.3 is 4.90 Å². The molecule has 1 aliphatic heterocycles. The summed E-state index contributed by atoms with van der Waals surface area (Å²) in [4.78, 5) is 2.39. The molecule has 3 heteroatoms. The normalized spacial score (nSPS) is 18.3. The van der Waals surface area contributed by atoms with Crippen molar-refractivity contribution in [2.24, 2.45) is 0 Å². The van der Waals surface area contributed by atoms with Gasteiger partial charge >= 0.3 is 0 Å². The average molecular weight is 302 g/mol. The van der Waals surface area contributed by atoms with Crippen LogP contribution in [0.3, 0.4) is 0 Å². The molecule has 1 saturated heterocycles. The number of aromatic nitrogens is 2. The SMILES string of the molecule is CC1C[CH]CCN1c1nnc(-c2ccccc2)c2ccccc12. The van der Waals surface area contributed by atoms with E-state index in [9.17, 15) is 0 Å². The summed E-state index contributed by atoms with van der Waals surface area (Å²) >= 11 is 0. The van der Waals surface area contributed by atoms with Crippen molar-refractivity contribution in [1.29, 1.82) is 0 Å². The Morgan fingerprint density at radius 3 is 2.43 bits per heavy atom. The lowest BCUT2D eigenvalue weighted by Crippen LogP contribution is -2.38. The van der Waals surface area contributed by atoms with E-state index in [0.29, 0.717) is 6.04 Å². The molecule has 0 saturated carbocycles. The smallest absolute Gasteiger partial charge is 0.159 e. The average Bonchev–Trinajstić information content (AvgIpc) is 2.62. The zero-order valence-corrected chi connectivity index (χ0v) is 13.3. The first-order valence-corrected chi connectivity index (χ1v) is 8.24. The molecule has 1 radical (unpaired) electrons. The highest BCUT2D eigenvalue weighted by molar-refractivity contribution is 6.00. The largest absolute Gasteiger partial charge is 0.352 e. The molecule has 1 aliphatic rings. The molecule has 0 spiro atoms. The number of hydrogen-bond acceptors (Lipinski definition) is 3. The molecular weight excluding hydrogens is 282 g/mol. The van der Waals surface area contributed by atoms with E-state index in [2.05, 4.69) is 64.8 Å². The van der Waals surface area contributed by atoms with E-state index < -0.39 is 0 Å². The fourth-order valence-electron chi connectivity index (χ4n) is 3.36. The van der Waals surface area contributed by atoms with Crippen LogP contribution < -0.4 is 4.90 Å². The van der Waals surface area contributed by atoms with E-state index in [4.69, 9.17) is 0 Å². The molecule has 1 atom stereocenters. The van der Waals surface area contributed by atoms with Crippen LogP contribution in [0.4, 0.5) is 5.82 Å². The topological polar surface area (TPSA) is 29.0 Å². The molecule has 3 aromatic rings. The minimum absolute atomic E-state index is 0.476. The Balaban J connectivity index is 1.89. The number of benzene rings is 2. The fraction of sp³-hybridized carbons (Fsp3) is 0.250. The van der Waals surface area contributed by atoms with Gasteiger partial charge in [0.15, 0.2) is 5.82 Å². The Labute approximate surface area is 137 Å². The third kappa shape index (κ3) is 2.56. The molecule has 2 aromatic carbocycles. The van der Waals surface area contributed by atoms with Gasteiger partial charge in [-0.05, 0) is 26.2 Å². The zero-order valence-electron chi connectivity index (χ0n) is 13.3. The molecule has 0 amide bonds. The Hall–Kier alpha value is -2.42. The first kappa shape index (κ1) is 14.2. The van der Waals surface area contributed by atoms with Gasteiger partial charge in [0, 0.05) is 28.9 Å². The highest BCUT2D eigenvalue weighted by atomic mass is 15.3. The molecule has 3 nitrogen and oxygen atoms in total. The van der Waals surface area contributed by atoms with Crippen LogP contribution in [0.2, 0.25) is 0 Å². The van der Waals surface area contributed by atoms with Crippen LogP contribution in [-0.4, -0.2) is 22.8 Å². The second kappa shape index (κ2) is 5.99. The lowest BCUT2D eigenvalue weighted by atomic mass is 10.0. The maximum absolute atomic E-state index is 4.62.